The molecule has 3 aromatic rings. The maximum atomic E-state index is 14.5. The monoisotopic (exact) mass is 652 g/mol. The molecular weight excluding hydrogens is 626 g/mol. The molecule has 0 bridgehead atoms. The molecule has 0 saturated heterocycles. The number of unbranched alkanes of at least 4 members (excludes halogenated alkanes) is 1. The first kappa shape index (κ1) is 32.4. The van der Waals surface area contributed by atoms with Crippen LogP contribution in [0.4, 0.5) is 0 Å². The summed E-state index contributed by atoms with van der Waals surface area (Å²) in [6, 6.07) is 20.1. The van der Waals surface area contributed by atoms with E-state index < -0.39 is 18.1 Å². The van der Waals surface area contributed by atoms with E-state index in [-0.39, 0.29) is 54.3 Å². The number of benzene rings is 3. The number of carboxylic acid groups (broad SMARTS) is 1. The molecule has 2 amide bonds. The number of carboxylic acids is 1. The van der Waals surface area contributed by atoms with E-state index in [1.165, 1.54) is 6.08 Å². The van der Waals surface area contributed by atoms with E-state index in [9.17, 15) is 14.4 Å². The number of carbonyl (C=O) groups is 3. The molecule has 6 nitrogen and oxygen atoms in total. The number of hydrogen-bond donors (Lipinski definition) is 1. The predicted octanol–water partition coefficient (Wildman–Crippen LogP) is 6.88. The van der Waals surface area contributed by atoms with Crippen LogP contribution in [0.2, 0.25) is 10.0 Å². The molecule has 4 rings (SSSR count). The van der Waals surface area contributed by atoms with Crippen molar-refractivity contribution < 1.29 is 19.5 Å². The first-order valence-electron chi connectivity index (χ1n) is 12.5. The zero-order valence-corrected chi connectivity index (χ0v) is 24.3. The second-order valence-corrected chi connectivity index (χ2v) is 11.0. The SMILES string of the molecule is C[C@H](c1ccc(Cl)cc1)N1C(=O)C=C(c2ccccc2Br)N(CCCCC(=O)O)C(=O)[C@@H]1c1ccc(Cl)cc1.[NaH]. The van der Waals surface area contributed by atoms with E-state index in [1.54, 1.807) is 46.2 Å². The fourth-order valence-corrected chi connectivity index (χ4v) is 5.46. The zero-order valence-electron chi connectivity index (χ0n) is 21.2. The van der Waals surface area contributed by atoms with Crippen LogP contribution < -0.4 is 0 Å². The minimum atomic E-state index is -0.948. The Morgan fingerprint density at radius 2 is 1.55 bits per heavy atom. The van der Waals surface area contributed by atoms with Crippen LogP contribution in [0.3, 0.4) is 0 Å². The molecule has 1 aliphatic heterocycles. The molecule has 1 N–H and O–H groups in total. The predicted molar refractivity (Wildman–Crippen MR) is 163 cm³/mol. The summed E-state index contributed by atoms with van der Waals surface area (Å²) in [5.41, 5.74) is 2.59. The normalized spacial score (nSPS) is 16.2. The molecule has 0 aliphatic carbocycles. The van der Waals surface area contributed by atoms with Gasteiger partial charge in [-0.3, -0.25) is 14.4 Å². The molecule has 1 aliphatic rings. The van der Waals surface area contributed by atoms with Crippen molar-refractivity contribution in [3.8, 4) is 0 Å². The van der Waals surface area contributed by atoms with E-state index in [0.717, 1.165) is 10.0 Å². The van der Waals surface area contributed by atoms with Gasteiger partial charge in [-0.05, 0) is 61.2 Å². The quantitative estimate of drug-likeness (QED) is 0.202. The van der Waals surface area contributed by atoms with E-state index in [0.29, 0.717) is 39.7 Å². The third kappa shape index (κ3) is 7.58. The van der Waals surface area contributed by atoms with E-state index in [4.69, 9.17) is 28.3 Å². The summed E-state index contributed by atoms with van der Waals surface area (Å²) in [6.45, 7) is 2.13. The van der Waals surface area contributed by atoms with Crippen LogP contribution in [-0.4, -0.2) is 68.8 Å². The van der Waals surface area contributed by atoms with E-state index in [2.05, 4.69) is 15.9 Å². The van der Waals surface area contributed by atoms with Gasteiger partial charge in [0.05, 0.1) is 11.7 Å². The van der Waals surface area contributed by atoms with Crippen LogP contribution in [0, 0.1) is 0 Å². The molecule has 1 heterocycles. The Kier molecular flexibility index (Phi) is 11.9. The number of carbonyl (C=O) groups excluding carboxylic acids is 2. The molecule has 0 spiro atoms. The Morgan fingerprint density at radius 1 is 0.950 bits per heavy atom. The number of nitrogens with zero attached hydrogens (tertiary/aromatic N) is 2. The number of rotatable bonds is 9. The van der Waals surface area contributed by atoms with Crippen molar-refractivity contribution >= 4 is 92.2 Å². The van der Waals surface area contributed by atoms with Gasteiger partial charge in [-0.2, -0.15) is 0 Å². The molecule has 204 valence electrons. The maximum absolute atomic E-state index is 14.5. The van der Waals surface area contributed by atoms with Crippen molar-refractivity contribution in [1.82, 2.24) is 9.80 Å². The molecule has 0 fully saturated rings. The van der Waals surface area contributed by atoms with Crippen LogP contribution in [-0.2, 0) is 14.4 Å². The average molecular weight is 654 g/mol. The van der Waals surface area contributed by atoms with Crippen molar-refractivity contribution in [3.05, 3.63) is 110 Å². The second kappa shape index (κ2) is 14.7. The Labute approximate surface area is 274 Å². The Hall–Kier alpha value is -2.13. The number of amides is 2. The number of hydrogen-bond acceptors (Lipinski definition) is 3. The summed E-state index contributed by atoms with van der Waals surface area (Å²) in [7, 11) is 0. The average Bonchev–Trinajstić information content (AvgIpc) is 3.01. The van der Waals surface area contributed by atoms with E-state index in [1.807, 2.05) is 43.3 Å². The molecule has 0 aromatic heterocycles. The number of halogens is 3. The molecule has 2 atom stereocenters. The van der Waals surface area contributed by atoms with Gasteiger partial charge in [0.1, 0.15) is 6.04 Å². The van der Waals surface area contributed by atoms with Crippen LogP contribution in [0.5, 0.6) is 0 Å². The van der Waals surface area contributed by atoms with Crippen molar-refractivity contribution in [2.75, 3.05) is 6.54 Å². The molecule has 3 aromatic carbocycles. The Balaban J connectivity index is 0.00000441. The summed E-state index contributed by atoms with van der Waals surface area (Å²) < 4.78 is 0.731. The summed E-state index contributed by atoms with van der Waals surface area (Å²) >= 11 is 15.9. The van der Waals surface area contributed by atoms with E-state index >= 15 is 0 Å². The van der Waals surface area contributed by atoms with Gasteiger partial charge >= 0.3 is 35.5 Å². The summed E-state index contributed by atoms with van der Waals surface area (Å²) in [4.78, 5) is 42.9. The van der Waals surface area contributed by atoms with Crippen LogP contribution in [0.25, 0.3) is 5.70 Å². The van der Waals surface area contributed by atoms with Crippen LogP contribution >= 0.6 is 39.1 Å². The molecular formula is C30H28BrCl2N2NaO4. The fraction of sp³-hybridized carbons (Fsp3) is 0.233. The van der Waals surface area contributed by atoms with Gasteiger partial charge in [0.2, 0.25) is 5.91 Å². The topological polar surface area (TPSA) is 77.9 Å². The van der Waals surface area contributed by atoms with Crippen LogP contribution in [0.1, 0.15) is 55.0 Å². The van der Waals surface area contributed by atoms with Gasteiger partial charge in [0.15, 0.2) is 0 Å². The fourth-order valence-electron chi connectivity index (χ4n) is 4.72. The van der Waals surface area contributed by atoms with Gasteiger partial charge in [0.25, 0.3) is 5.91 Å². The molecule has 10 heteroatoms. The van der Waals surface area contributed by atoms with Crippen molar-refractivity contribution in [3.63, 3.8) is 0 Å². The summed E-state index contributed by atoms with van der Waals surface area (Å²) in [5.74, 6) is -1.51. The number of aliphatic carboxylic acids is 1. The Bertz CT molecular complexity index is 1400. The third-order valence-corrected chi connectivity index (χ3v) is 7.91. The first-order valence-corrected chi connectivity index (χ1v) is 14.0. The third-order valence-electron chi connectivity index (χ3n) is 6.71. The molecule has 40 heavy (non-hydrogen) atoms. The summed E-state index contributed by atoms with van der Waals surface area (Å²) in [6.07, 6.45) is 2.34. The molecule has 0 radical (unpaired) electrons. The summed E-state index contributed by atoms with van der Waals surface area (Å²) in [5, 5.41) is 10.2. The zero-order chi connectivity index (χ0) is 28.1. The molecule has 0 unspecified atom stereocenters. The second-order valence-electron chi connectivity index (χ2n) is 9.28. The molecule has 0 saturated carbocycles. The van der Waals surface area contributed by atoms with Gasteiger partial charge in [-0.1, -0.05) is 81.6 Å². The first-order chi connectivity index (χ1) is 18.7. The van der Waals surface area contributed by atoms with Crippen LogP contribution in [0.15, 0.2) is 83.3 Å². The van der Waals surface area contributed by atoms with Gasteiger partial charge in [0, 0.05) is 39.1 Å². The van der Waals surface area contributed by atoms with Crippen molar-refractivity contribution in [2.24, 2.45) is 0 Å². The van der Waals surface area contributed by atoms with Gasteiger partial charge < -0.3 is 14.9 Å². The minimum absolute atomic E-state index is 0. The Morgan fingerprint density at radius 3 is 2.15 bits per heavy atom. The van der Waals surface area contributed by atoms with Crippen molar-refractivity contribution in [2.45, 2.75) is 38.3 Å². The van der Waals surface area contributed by atoms with Gasteiger partial charge in [-0.15, -0.1) is 0 Å². The van der Waals surface area contributed by atoms with Gasteiger partial charge in [-0.25, -0.2) is 0 Å². The standard InChI is InChI=1S/C30H27BrCl2N2O4.Na.H/c1-19(20-9-13-22(32)14-10-20)35-27(36)18-26(24-6-2-3-7-25(24)31)34(17-5-4-8-28(37)38)30(39)29(35)21-11-15-23(33)16-12-21;;/h2-3,6-7,9-16,18-19,29H,4-5,8,17H2,1H3,(H,37,38);;/t19-,29+;;/m1../s1. The van der Waals surface area contributed by atoms with Crippen molar-refractivity contribution in [1.29, 1.82) is 0 Å².